The number of pyridine rings is 1. The second-order valence-corrected chi connectivity index (χ2v) is 5.59. The molecular weight excluding hydrogens is 236 g/mol. The van der Waals surface area contributed by atoms with E-state index in [4.69, 9.17) is 4.98 Å². The van der Waals surface area contributed by atoms with Crippen molar-refractivity contribution >= 4 is 5.82 Å². The Bertz CT molecular complexity index is 518. The predicted octanol–water partition coefficient (Wildman–Crippen LogP) is 1.49. The summed E-state index contributed by atoms with van der Waals surface area (Å²) < 4.78 is 0. The van der Waals surface area contributed by atoms with Crippen LogP contribution < -0.4 is 10.2 Å². The fourth-order valence-electron chi connectivity index (χ4n) is 3.26. The van der Waals surface area contributed by atoms with Gasteiger partial charge >= 0.3 is 0 Å². The van der Waals surface area contributed by atoms with Crippen LogP contribution in [0.4, 0.5) is 5.82 Å². The zero-order valence-electron chi connectivity index (χ0n) is 11.4. The molecule has 4 nitrogen and oxygen atoms in total. The highest BCUT2D eigenvalue weighted by Gasteiger charge is 2.26. The summed E-state index contributed by atoms with van der Waals surface area (Å²) in [7, 11) is 2.00. The molecule has 1 aromatic rings. The molecular formula is C15H20N4. The minimum absolute atomic E-state index is 0.673. The van der Waals surface area contributed by atoms with E-state index in [9.17, 15) is 5.26 Å². The highest BCUT2D eigenvalue weighted by molar-refractivity contribution is 5.57. The Hall–Kier alpha value is -1.60. The van der Waals surface area contributed by atoms with Crippen molar-refractivity contribution in [1.82, 2.24) is 10.3 Å². The van der Waals surface area contributed by atoms with E-state index in [2.05, 4.69) is 22.4 Å². The SMILES string of the molecule is CNCC1CCN(c2nc3c(cc2C#N)CCC3)C1. The molecule has 3 rings (SSSR count). The summed E-state index contributed by atoms with van der Waals surface area (Å²) in [4.78, 5) is 7.07. The Morgan fingerprint density at radius 1 is 1.53 bits per heavy atom. The van der Waals surface area contributed by atoms with Crippen LogP contribution >= 0.6 is 0 Å². The number of nitrogens with zero attached hydrogens (tertiary/aromatic N) is 3. The number of nitriles is 1. The molecule has 0 aromatic carbocycles. The van der Waals surface area contributed by atoms with Gasteiger partial charge < -0.3 is 10.2 Å². The van der Waals surface area contributed by atoms with Crippen molar-refractivity contribution in [3.05, 3.63) is 22.9 Å². The third-order valence-electron chi connectivity index (χ3n) is 4.23. The van der Waals surface area contributed by atoms with Crippen LogP contribution in [0.1, 0.15) is 29.7 Å². The molecule has 1 aliphatic heterocycles. The van der Waals surface area contributed by atoms with E-state index in [1.807, 2.05) is 7.05 Å². The van der Waals surface area contributed by atoms with Gasteiger partial charge in [-0.15, -0.1) is 0 Å². The van der Waals surface area contributed by atoms with Crippen molar-refractivity contribution in [2.24, 2.45) is 5.92 Å². The Morgan fingerprint density at radius 3 is 3.21 bits per heavy atom. The zero-order chi connectivity index (χ0) is 13.2. The van der Waals surface area contributed by atoms with Gasteiger partial charge in [0, 0.05) is 18.8 Å². The summed E-state index contributed by atoms with van der Waals surface area (Å²) in [6.45, 7) is 3.08. The molecule has 0 saturated carbocycles. The van der Waals surface area contributed by atoms with Gasteiger partial charge in [-0.3, -0.25) is 0 Å². The van der Waals surface area contributed by atoms with Gasteiger partial charge in [-0.2, -0.15) is 5.26 Å². The first-order valence-electron chi connectivity index (χ1n) is 7.14. The standard InChI is InChI=1S/C15H20N4/c1-17-9-11-5-6-19(10-11)15-13(8-16)7-12-3-2-4-14(12)18-15/h7,11,17H,2-6,9-10H2,1H3. The summed E-state index contributed by atoms with van der Waals surface area (Å²) >= 11 is 0. The number of hydrogen-bond acceptors (Lipinski definition) is 4. The minimum Gasteiger partial charge on any atom is -0.355 e. The number of aryl methyl sites for hydroxylation is 2. The van der Waals surface area contributed by atoms with Crippen molar-refractivity contribution in [3.8, 4) is 6.07 Å². The molecule has 1 N–H and O–H groups in total. The van der Waals surface area contributed by atoms with E-state index in [1.165, 1.54) is 24.1 Å². The van der Waals surface area contributed by atoms with E-state index in [-0.39, 0.29) is 0 Å². The first-order chi connectivity index (χ1) is 9.31. The van der Waals surface area contributed by atoms with Gasteiger partial charge in [0.1, 0.15) is 11.9 Å². The van der Waals surface area contributed by atoms with E-state index >= 15 is 0 Å². The second-order valence-electron chi connectivity index (χ2n) is 5.59. The molecule has 2 aliphatic rings. The summed E-state index contributed by atoms with van der Waals surface area (Å²) in [6.07, 6.45) is 4.52. The third-order valence-corrected chi connectivity index (χ3v) is 4.23. The van der Waals surface area contributed by atoms with Crippen molar-refractivity contribution in [1.29, 1.82) is 5.26 Å². The van der Waals surface area contributed by atoms with Gasteiger partial charge in [-0.25, -0.2) is 4.98 Å². The topological polar surface area (TPSA) is 52.0 Å². The fraction of sp³-hybridized carbons (Fsp3) is 0.600. The van der Waals surface area contributed by atoms with E-state index in [1.54, 1.807) is 0 Å². The molecule has 1 aromatic heterocycles. The molecule has 0 radical (unpaired) electrons. The van der Waals surface area contributed by atoms with Crippen molar-refractivity contribution in [2.45, 2.75) is 25.7 Å². The molecule has 1 fully saturated rings. The van der Waals surface area contributed by atoms with Crippen LogP contribution in [-0.2, 0) is 12.8 Å². The summed E-state index contributed by atoms with van der Waals surface area (Å²) in [5.41, 5.74) is 3.25. The first-order valence-corrected chi connectivity index (χ1v) is 7.14. The lowest BCUT2D eigenvalue weighted by molar-refractivity contribution is 0.549. The van der Waals surface area contributed by atoms with E-state index < -0.39 is 0 Å². The molecule has 4 heteroatoms. The number of nitrogens with one attached hydrogen (secondary N) is 1. The maximum atomic E-state index is 9.35. The minimum atomic E-state index is 0.673. The molecule has 0 spiro atoms. The van der Waals surface area contributed by atoms with Gasteiger partial charge in [0.2, 0.25) is 0 Å². The highest BCUT2D eigenvalue weighted by Crippen LogP contribution is 2.29. The lowest BCUT2D eigenvalue weighted by Gasteiger charge is -2.20. The Balaban J connectivity index is 1.87. The molecule has 1 aliphatic carbocycles. The van der Waals surface area contributed by atoms with Crippen molar-refractivity contribution in [2.75, 3.05) is 31.6 Å². The molecule has 1 saturated heterocycles. The van der Waals surface area contributed by atoms with Crippen LogP contribution in [0, 0.1) is 17.2 Å². The Morgan fingerprint density at radius 2 is 2.42 bits per heavy atom. The van der Waals surface area contributed by atoms with Crippen LogP contribution in [0.5, 0.6) is 0 Å². The van der Waals surface area contributed by atoms with E-state index in [0.717, 1.165) is 43.9 Å². The van der Waals surface area contributed by atoms with Crippen LogP contribution in [0.15, 0.2) is 6.07 Å². The van der Waals surface area contributed by atoms with Crippen molar-refractivity contribution in [3.63, 3.8) is 0 Å². The van der Waals surface area contributed by atoms with Crippen LogP contribution in [0.25, 0.3) is 0 Å². The number of hydrogen-bond donors (Lipinski definition) is 1. The second kappa shape index (κ2) is 5.18. The Kier molecular flexibility index (Phi) is 3.39. The smallest absolute Gasteiger partial charge is 0.146 e. The molecule has 1 atom stereocenters. The largest absolute Gasteiger partial charge is 0.355 e. The first kappa shape index (κ1) is 12.4. The maximum absolute atomic E-state index is 9.35. The van der Waals surface area contributed by atoms with Gasteiger partial charge in [-0.1, -0.05) is 0 Å². The third kappa shape index (κ3) is 2.31. The molecule has 100 valence electrons. The zero-order valence-corrected chi connectivity index (χ0v) is 11.4. The number of anilines is 1. The average Bonchev–Trinajstić information content (AvgIpc) is 3.05. The quantitative estimate of drug-likeness (QED) is 0.890. The Labute approximate surface area is 114 Å². The molecule has 1 unspecified atom stereocenters. The van der Waals surface area contributed by atoms with Gasteiger partial charge in [-0.05, 0) is 56.8 Å². The highest BCUT2D eigenvalue weighted by atomic mass is 15.2. The van der Waals surface area contributed by atoms with Gasteiger partial charge in [0.25, 0.3) is 0 Å². The lowest BCUT2D eigenvalue weighted by Crippen LogP contribution is -2.25. The lowest BCUT2D eigenvalue weighted by atomic mass is 10.1. The summed E-state index contributed by atoms with van der Waals surface area (Å²) in [5, 5.41) is 12.6. The van der Waals surface area contributed by atoms with E-state index in [0.29, 0.717) is 5.92 Å². The molecule has 2 heterocycles. The average molecular weight is 256 g/mol. The monoisotopic (exact) mass is 256 g/mol. The van der Waals surface area contributed by atoms with Crippen LogP contribution in [0.2, 0.25) is 0 Å². The van der Waals surface area contributed by atoms with Gasteiger partial charge in [0.05, 0.1) is 5.56 Å². The summed E-state index contributed by atoms with van der Waals surface area (Å²) in [5.74, 6) is 1.59. The molecule has 19 heavy (non-hydrogen) atoms. The predicted molar refractivity (Wildman–Crippen MR) is 75.2 cm³/mol. The van der Waals surface area contributed by atoms with Gasteiger partial charge in [0.15, 0.2) is 0 Å². The normalized spacial score (nSPS) is 21.5. The summed E-state index contributed by atoms with van der Waals surface area (Å²) in [6, 6.07) is 4.39. The molecule has 0 bridgehead atoms. The number of fused-ring (bicyclic) bond motifs is 1. The van der Waals surface area contributed by atoms with Crippen LogP contribution in [0.3, 0.4) is 0 Å². The molecule has 0 amide bonds. The maximum Gasteiger partial charge on any atom is 0.146 e. The van der Waals surface area contributed by atoms with Crippen LogP contribution in [-0.4, -0.2) is 31.7 Å². The number of rotatable bonds is 3. The van der Waals surface area contributed by atoms with Crippen molar-refractivity contribution < 1.29 is 0 Å². The fourth-order valence-corrected chi connectivity index (χ4v) is 3.26. The number of aromatic nitrogens is 1.